The van der Waals surface area contributed by atoms with Crippen molar-refractivity contribution in [1.82, 2.24) is 4.90 Å². The molecular formula is C19H21ClN2O4. The molecule has 6 nitrogen and oxygen atoms in total. The van der Waals surface area contributed by atoms with E-state index in [2.05, 4.69) is 5.16 Å². The third-order valence-electron chi connectivity index (χ3n) is 4.18. The predicted octanol–water partition coefficient (Wildman–Crippen LogP) is 3.87. The molecule has 1 aromatic carbocycles. The second-order valence-corrected chi connectivity index (χ2v) is 6.43. The minimum absolute atomic E-state index is 0.0610. The lowest BCUT2D eigenvalue weighted by molar-refractivity contribution is -0.133. The second kappa shape index (κ2) is 8.27. The van der Waals surface area contributed by atoms with Gasteiger partial charge in [0.15, 0.2) is 17.1 Å². The Labute approximate surface area is 157 Å². The summed E-state index contributed by atoms with van der Waals surface area (Å²) in [4.78, 5) is 19.7. The maximum absolute atomic E-state index is 12.4. The third kappa shape index (κ3) is 4.38. The zero-order valence-electron chi connectivity index (χ0n) is 14.8. The van der Waals surface area contributed by atoms with Crippen molar-refractivity contribution in [2.75, 3.05) is 13.7 Å². The summed E-state index contributed by atoms with van der Waals surface area (Å²) in [6.45, 7) is 2.79. The third-order valence-corrected chi connectivity index (χ3v) is 4.38. The Hall–Kier alpha value is -2.47. The van der Waals surface area contributed by atoms with Gasteiger partial charge in [-0.2, -0.15) is 0 Å². The average Bonchev–Trinajstić information content (AvgIpc) is 3.29. The molecule has 1 unspecified atom stereocenters. The number of amides is 1. The number of ether oxygens (including phenoxy) is 1. The van der Waals surface area contributed by atoms with Crippen LogP contribution < -0.4 is 4.74 Å². The average molecular weight is 377 g/mol. The number of nitrogens with zero attached hydrogens (tertiary/aromatic N) is 2. The Kier molecular flexibility index (Phi) is 5.83. The number of carbonyl (C=O) groups is 1. The molecule has 0 spiro atoms. The number of methoxy groups -OCH3 is 1. The van der Waals surface area contributed by atoms with Crippen molar-refractivity contribution in [3.8, 4) is 5.75 Å². The van der Waals surface area contributed by atoms with E-state index in [4.69, 9.17) is 25.6 Å². The molecule has 1 amide bonds. The molecule has 26 heavy (non-hydrogen) atoms. The number of carbonyl (C=O) groups excluding carboxylic acids is 1. The maximum Gasteiger partial charge on any atom is 0.222 e. The molecule has 1 aromatic heterocycles. The molecule has 1 atom stereocenters. The lowest BCUT2D eigenvalue weighted by Crippen LogP contribution is -2.36. The highest BCUT2D eigenvalue weighted by Crippen LogP contribution is 2.22. The molecular weight excluding hydrogens is 356 g/mol. The van der Waals surface area contributed by atoms with Gasteiger partial charge in [0.25, 0.3) is 0 Å². The molecule has 7 heteroatoms. The van der Waals surface area contributed by atoms with Gasteiger partial charge in [-0.3, -0.25) is 4.79 Å². The zero-order valence-corrected chi connectivity index (χ0v) is 15.5. The number of benzene rings is 1. The Morgan fingerprint density at radius 2 is 2.23 bits per heavy atom. The quantitative estimate of drug-likeness (QED) is 0.735. The molecule has 2 heterocycles. The van der Waals surface area contributed by atoms with E-state index in [0.29, 0.717) is 42.6 Å². The minimum atomic E-state index is -0.213. The van der Waals surface area contributed by atoms with Gasteiger partial charge in [0.2, 0.25) is 5.91 Å². The van der Waals surface area contributed by atoms with Crippen molar-refractivity contribution in [2.24, 2.45) is 5.16 Å². The van der Waals surface area contributed by atoms with Crippen LogP contribution in [-0.2, 0) is 16.2 Å². The lowest BCUT2D eigenvalue weighted by Gasteiger charge is -2.24. The number of furan rings is 1. The molecule has 0 N–H and O–H groups in total. The summed E-state index contributed by atoms with van der Waals surface area (Å²) >= 11 is 5.81. The van der Waals surface area contributed by atoms with Gasteiger partial charge in [-0.1, -0.05) is 24.2 Å². The standard InChI is InChI=1S/C19H21ClN2O4/c1-3-19(23)22(11-13-5-4-6-14(9-13)24-2)12-15-10-16(21-26-15)17-7-8-18(20)25-17/h4-9,15H,3,10-12H2,1-2H3. The number of hydrogen-bond donors (Lipinski definition) is 0. The molecule has 0 aliphatic carbocycles. The van der Waals surface area contributed by atoms with Crippen molar-refractivity contribution in [3.63, 3.8) is 0 Å². The van der Waals surface area contributed by atoms with Crippen LogP contribution >= 0.6 is 11.6 Å². The van der Waals surface area contributed by atoms with Crippen molar-refractivity contribution in [3.05, 3.63) is 52.9 Å². The van der Waals surface area contributed by atoms with Crippen molar-refractivity contribution >= 4 is 23.2 Å². The highest BCUT2D eigenvalue weighted by atomic mass is 35.5. The number of hydrogen-bond acceptors (Lipinski definition) is 5. The zero-order chi connectivity index (χ0) is 18.5. The van der Waals surface area contributed by atoms with E-state index in [1.165, 1.54) is 0 Å². The molecule has 2 aromatic rings. The first kappa shape index (κ1) is 18.3. The van der Waals surface area contributed by atoms with Gasteiger partial charge >= 0.3 is 0 Å². The van der Waals surface area contributed by atoms with Gasteiger partial charge in [-0.25, -0.2) is 0 Å². The lowest BCUT2D eigenvalue weighted by atomic mass is 10.1. The van der Waals surface area contributed by atoms with Crippen LogP contribution in [0.1, 0.15) is 31.1 Å². The Bertz CT molecular complexity index is 802. The molecule has 0 fully saturated rings. The SMILES string of the molecule is CCC(=O)N(Cc1cccc(OC)c1)CC1CC(c2ccc(Cl)o2)=NO1. The largest absolute Gasteiger partial charge is 0.497 e. The molecule has 0 bridgehead atoms. The van der Waals surface area contributed by atoms with E-state index < -0.39 is 0 Å². The summed E-state index contributed by atoms with van der Waals surface area (Å²) < 4.78 is 10.6. The van der Waals surface area contributed by atoms with Gasteiger partial charge in [-0.05, 0) is 41.4 Å². The van der Waals surface area contributed by atoms with E-state index in [9.17, 15) is 4.79 Å². The van der Waals surface area contributed by atoms with E-state index in [1.807, 2.05) is 31.2 Å². The molecule has 138 valence electrons. The summed E-state index contributed by atoms with van der Waals surface area (Å²) in [5.41, 5.74) is 1.70. The van der Waals surface area contributed by atoms with Crippen molar-refractivity contribution in [2.45, 2.75) is 32.4 Å². The van der Waals surface area contributed by atoms with Crippen LogP contribution in [0.3, 0.4) is 0 Å². The predicted molar refractivity (Wildman–Crippen MR) is 98.4 cm³/mol. The van der Waals surface area contributed by atoms with Gasteiger partial charge in [-0.15, -0.1) is 0 Å². The highest BCUT2D eigenvalue weighted by molar-refractivity contribution is 6.29. The number of oxime groups is 1. The van der Waals surface area contributed by atoms with Gasteiger partial charge in [0, 0.05) is 19.4 Å². The summed E-state index contributed by atoms with van der Waals surface area (Å²) in [6, 6.07) is 11.1. The van der Waals surface area contributed by atoms with E-state index in [-0.39, 0.29) is 12.0 Å². The van der Waals surface area contributed by atoms with Crippen LogP contribution in [0, 0.1) is 0 Å². The monoisotopic (exact) mass is 376 g/mol. The summed E-state index contributed by atoms with van der Waals surface area (Å²) in [7, 11) is 1.63. The first-order valence-electron chi connectivity index (χ1n) is 8.48. The molecule has 0 saturated heterocycles. The Morgan fingerprint density at radius 3 is 2.92 bits per heavy atom. The van der Waals surface area contributed by atoms with Gasteiger partial charge in [0.05, 0.1) is 13.7 Å². The molecule has 0 saturated carbocycles. The summed E-state index contributed by atoms with van der Waals surface area (Å²) in [5.74, 6) is 1.42. The van der Waals surface area contributed by atoms with Gasteiger partial charge in [0.1, 0.15) is 11.5 Å². The van der Waals surface area contributed by atoms with Crippen molar-refractivity contribution < 1.29 is 18.8 Å². The second-order valence-electron chi connectivity index (χ2n) is 6.05. The van der Waals surface area contributed by atoms with Crippen LogP contribution in [0.4, 0.5) is 0 Å². The number of rotatable bonds is 7. The van der Waals surface area contributed by atoms with E-state index in [0.717, 1.165) is 11.3 Å². The maximum atomic E-state index is 12.4. The van der Waals surface area contributed by atoms with E-state index in [1.54, 1.807) is 24.1 Å². The molecule has 0 radical (unpaired) electrons. The molecule has 1 aliphatic heterocycles. The first-order valence-corrected chi connectivity index (χ1v) is 8.86. The number of halogens is 1. The summed E-state index contributed by atoms with van der Waals surface area (Å²) in [6.07, 6.45) is 0.781. The van der Waals surface area contributed by atoms with E-state index >= 15 is 0 Å². The fraction of sp³-hybridized carbons (Fsp3) is 0.368. The highest BCUT2D eigenvalue weighted by Gasteiger charge is 2.27. The van der Waals surface area contributed by atoms with Crippen LogP contribution in [0.2, 0.25) is 5.22 Å². The Morgan fingerprint density at radius 1 is 1.38 bits per heavy atom. The van der Waals surface area contributed by atoms with Crippen LogP contribution in [0.5, 0.6) is 5.75 Å². The van der Waals surface area contributed by atoms with Crippen LogP contribution in [-0.4, -0.2) is 36.3 Å². The van der Waals surface area contributed by atoms with Crippen LogP contribution in [0.25, 0.3) is 0 Å². The fourth-order valence-electron chi connectivity index (χ4n) is 2.86. The smallest absolute Gasteiger partial charge is 0.222 e. The summed E-state index contributed by atoms with van der Waals surface area (Å²) in [5, 5.41) is 4.39. The first-order chi connectivity index (χ1) is 12.6. The molecule has 3 rings (SSSR count). The van der Waals surface area contributed by atoms with Gasteiger partial charge < -0.3 is 18.9 Å². The molecule has 1 aliphatic rings. The Balaban J connectivity index is 1.65. The normalized spacial score (nSPS) is 16.1. The van der Waals surface area contributed by atoms with Crippen LogP contribution in [0.15, 0.2) is 46.0 Å². The fourth-order valence-corrected chi connectivity index (χ4v) is 3.00. The van der Waals surface area contributed by atoms with Crippen molar-refractivity contribution in [1.29, 1.82) is 0 Å². The minimum Gasteiger partial charge on any atom is -0.497 e. The topological polar surface area (TPSA) is 64.3 Å².